The fourth-order valence-corrected chi connectivity index (χ4v) is 2.19. The zero-order chi connectivity index (χ0) is 13.0. The van der Waals surface area contributed by atoms with Crippen molar-refractivity contribution in [1.82, 2.24) is 4.98 Å². The van der Waals surface area contributed by atoms with E-state index in [4.69, 9.17) is 4.74 Å². The van der Waals surface area contributed by atoms with E-state index in [9.17, 15) is 0 Å². The van der Waals surface area contributed by atoms with Crippen LogP contribution in [-0.2, 0) is 0 Å². The topological polar surface area (TPSA) is 25.4 Å². The van der Waals surface area contributed by atoms with Crippen LogP contribution >= 0.6 is 11.3 Å². The zero-order valence-electron chi connectivity index (χ0n) is 10.8. The van der Waals surface area contributed by atoms with Crippen molar-refractivity contribution in [3.8, 4) is 5.75 Å². The molecule has 2 rings (SSSR count). The lowest BCUT2D eigenvalue weighted by Crippen LogP contribution is -2.07. The van der Waals surface area contributed by atoms with Crippen molar-refractivity contribution in [2.45, 2.75) is 0 Å². The number of nitrogens with zero attached hydrogens (tertiary/aromatic N) is 2. The van der Waals surface area contributed by atoms with Crippen LogP contribution in [0, 0.1) is 0 Å². The summed E-state index contributed by atoms with van der Waals surface area (Å²) in [5, 5.41) is 1.02. The van der Waals surface area contributed by atoms with Crippen molar-refractivity contribution in [2.75, 3.05) is 26.1 Å². The monoisotopic (exact) mass is 260 g/mol. The number of methoxy groups -OCH3 is 1. The normalized spacial score (nSPS) is 10.8. The van der Waals surface area contributed by atoms with E-state index in [1.807, 2.05) is 49.5 Å². The van der Waals surface area contributed by atoms with Crippen LogP contribution in [0.4, 0.5) is 5.13 Å². The molecule has 4 heteroatoms. The van der Waals surface area contributed by atoms with Gasteiger partial charge in [-0.25, -0.2) is 4.98 Å². The summed E-state index contributed by atoms with van der Waals surface area (Å²) < 4.78 is 5.12. The molecule has 0 amide bonds. The lowest BCUT2D eigenvalue weighted by Gasteiger charge is -2.04. The molecule has 0 aliphatic heterocycles. The number of benzene rings is 1. The van der Waals surface area contributed by atoms with Crippen molar-refractivity contribution in [2.24, 2.45) is 0 Å². The lowest BCUT2D eigenvalue weighted by atomic mass is 10.2. The second kappa shape index (κ2) is 5.69. The summed E-state index contributed by atoms with van der Waals surface area (Å²) in [5.41, 5.74) is 1.15. The molecular weight excluding hydrogens is 244 g/mol. The molecule has 0 atom stereocenters. The van der Waals surface area contributed by atoms with Crippen LogP contribution in [0.2, 0.25) is 0 Å². The van der Waals surface area contributed by atoms with Crippen LogP contribution in [0.5, 0.6) is 5.75 Å². The predicted octanol–water partition coefficient (Wildman–Crippen LogP) is 3.39. The molecular formula is C14H16N2OS. The molecule has 0 saturated heterocycles. The van der Waals surface area contributed by atoms with Gasteiger partial charge in [0, 0.05) is 25.2 Å². The summed E-state index contributed by atoms with van der Waals surface area (Å²) in [6, 6.07) is 7.97. The Morgan fingerprint density at radius 3 is 2.44 bits per heavy atom. The number of hydrogen-bond acceptors (Lipinski definition) is 4. The highest BCUT2D eigenvalue weighted by Crippen LogP contribution is 2.22. The maximum atomic E-state index is 5.12. The molecule has 0 spiro atoms. The van der Waals surface area contributed by atoms with Gasteiger partial charge < -0.3 is 9.64 Å². The van der Waals surface area contributed by atoms with E-state index in [0.717, 1.165) is 21.3 Å². The van der Waals surface area contributed by atoms with Crippen LogP contribution < -0.4 is 9.64 Å². The predicted molar refractivity (Wildman–Crippen MR) is 78.4 cm³/mol. The lowest BCUT2D eigenvalue weighted by molar-refractivity contribution is 0.415. The summed E-state index contributed by atoms with van der Waals surface area (Å²) in [7, 11) is 5.66. The first-order valence-electron chi connectivity index (χ1n) is 5.64. The van der Waals surface area contributed by atoms with Gasteiger partial charge >= 0.3 is 0 Å². The Hall–Kier alpha value is -1.81. The molecule has 0 bridgehead atoms. The Labute approximate surface area is 111 Å². The van der Waals surface area contributed by atoms with E-state index in [-0.39, 0.29) is 0 Å². The molecule has 3 nitrogen and oxygen atoms in total. The van der Waals surface area contributed by atoms with Gasteiger partial charge in [-0.2, -0.15) is 0 Å². The maximum absolute atomic E-state index is 5.12. The second-order valence-electron chi connectivity index (χ2n) is 4.05. The quantitative estimate of drug-likeness (QED) is 0.842. The van der Waals surface area contributed by atoms with Gasteiger partial charge in [0.05, 0.1) is 7.11 Å². The summed E-state index contributed by atoms with van der Waals surface area (Å²) in [6.07, 6.45) is 6.04. The zero-order valence-corrected chi connectivity index (χ0v) is 11.6. The minimum atomic E-state index is 0.875. The van der Waals surface area contributed by atoms with Crippen molar-refractivity contribution in [1.29, 1.82) is 0 Å². The molecule has 1 heterocycles. The minimum absolute atomic E-state index is 0.875. The molecule has 0 fully saturated rings. The van der Waals surface area contributed by atoms with Crippen LogP contribution in [0.25, 0.3) is 12.2 Å². The highest BCUT2D eigenvalue weighted by atomic mass is 32.1. The molecule has 0 aliphatic carbocycles. The van der Waals surface area contributed by atoms with Crippen LogP contribution in [0.3, 0.4) is 0 Å². The van der Waals surface area contributed by atoms with Crippen LogP contribution in [0.1, 0.15) is 10.4 Å². The molecule has 0 radical (unpaired) electrons. The average Bonchev–Trinajstić information content (AvgIpc) is 2.86. The molecule has 94 valence electrons. The first-order chi connectivity index (χ1) is 8.69. The Balaban J connectivity index is 2.09. The molecule has 0 unspecified atom stereocenters. The van der Waals surface area contributed by atoms with Gasteiger partial charge in [-0.3, -0.25) is 0 Å². The Morgan fingerprint density at radius 2 is 1.89 bits per heavy atom. The number of ether oxygens (including phenoxy) is 1. The van der Waals surface area contributed by atoms with Crippen LogP contribution in [-0.4, -0.2) is 26.2 Å². The van der Waals surface area contributed by atoms with Gasteiger partial charge in [0.2, 0.25) is 0 Å². The number of anilines is 1. The first-order valence-corrected chi connectivity index (χ1v) is 6.46. The molecule has 0 aliphatic rings. The SMILES string of the molecule is COc1ccc(/C=C/c2cnc(N(C)C)s2)cc1. The number of aromatic nitrogens is 1. The first kappa shape index (κ1) is 12.6. The van der Waals surface area contributed by atoms with Crippen molar-refractivity contribution >= 4 is 28.6 Å². The third kappa shape index (κ3) is 3.11. The second-order valence-corrected chi connectivity index (χ2v) is 5.09. The van der Waals surface area contributed by atoms with E-state index in [1.54, 1.807) is 18.4 Å². The number of thiazole rings is 1. The van der Waals surface area contributed by atoms with Gasteiger partial charge in [-0.15, -0.1) is 0 Å². The summed E-state index contributed by atoms with van der Waals surface area (Å²) in [4.78, 5) is 7.49. The van der Waals surface area contributed by atoms with Gasteiger partial charge in [-0.05, 0) is 23.8 Å². The molecule has 2 aromatic rings. The van der Waals surface area contributed by atoms with E-state index >= 15 is 0 Å². The standard InChI is InChI=1S/C14H16N2OS/c1-16(2)14-15-10-13(18-14)9-6-11-4-7-12(17-3)8-5-11/h4-10H,1-3H3/b9-6+. The Bertz CT molecular complexity index is 529. The van der Waals surface area contributed by atoms with E-state index in [2.05, 4.69) is 17.1 Å². The van der Waals surface area contributed by atoms with Gasteiger partial charge in [0.25, 0.3) is 0 Å². The highest BCUT2D eigenvalue weighted by molar-refractivity contribution is 7.16. The van der Waals surface area contributed by atoms with Gasteiger partial charge in [0.1, 0.15) is 5.75 Å². The summed E-state index contributed by atoms with van der Waals surface area (Å²) >= 11 is 1.67. The highest BCUT2D eigenvalue weighted by Gasteiger charge is 2.00. The third-order valence-corrected chi connectivity index (χ3v) is 3.58. The third-order valence-electron chi connectivity index (χ3n) is 2.45. The largest absolute Gasteiger partial charge is 0.497 e. The van der Waals surface area contributed by atoms with E-state index in [1.165, 1.54) is 0 Å². The summed E-state index contributed by atoms with van der Waals surface area (Å²) in [6.45, 7) is 0. The number of hydrogen-bond donors (Lipinski definition) is 0. The molecule has 18 heavy (non-hydrogen) atoms. The van der Waals surface area contributed by atoms with Crippen molar-refractivity contribution in [3.63, 3.8) is 0 Å². The molecule has 1 aromatic carbocycles. The van der Waals surface area contributed by atoms with Gasteiger partial charge in [-0.1, -0.05) is 29.5 Å². The Kier molecular flexibility index (Phi) is 3.99. The van der Waals surface area contributed by atoms with Crippen molar-refractivity contribution in [3.05, 3.63) is 40.9 Å². The fraction of sp³-hybridized carbons (Fsp3) is 0.214. The number of rotatable bonds is 4. The van der Waals surface area contributed by atoms with E-state index in [0.29, 0.717) is 0 Å². The minimum Gasteiger partial charge on any atom is -0.497 e. The van der Waals surface area contributed by atoms with Gasteiger partial charge in [0.15, 0.2) is 5.13 Å². The van der Waals surface area contributed by atoms with Crippen LogP contribution in [0.15, 0.2) is 30.5 Å². The molecule has 1 aromatic heterocycles. The van der Waals surface area contributed by atoms with E-state index < -0.39 is 0 Å². The molecule has 0 N–H and O–H groups in total. The summed E-state index contributed by atoms with van der Waals surface area (Å²) in [5.74, 6) is 0.875. The van der Waals surface area contributed by atoms with Crippen molar-refractivity contribution < 1.29 is 4.74 Å². The maximum Gasteiger partial charge on any atom is 0.185 e. The Morgan fingerprint density at radius 1 is 1.17 bits per heavy atom. The molecule has 0 saturated carbocycles. The fourth-order valence-electron chi connectivity index (χ4n) is 1.45. The smallest absolute Gasteiger partial charge is 0.185 e. The average molecular weight is 260 g/mol.